The van der Waals surface area contributed by atoms with Gasteiger partial charge in [-0.3, -0.25) is 0 Å². The summed E-state index contributed by atoms with van der Waals surface area (Å²) in [7, 11) is 0. The number of para-hydroxylation sites is 2. The van der Waals surface area contributed by atoms with Gasteiger partial charge in [0.1, 0.15) is 18.5 Å². The van der Waals surface area contributed by atoms with Crippen LogP contribution in [-0.4, -0.2) is 24.4 Å². The highest BCUT2D eigenvalue weighted by Crippen LogP contribution is 2.30. The van der Waals surface area contributed by atoms with E-state index in [4.69, 9.17) is 21.7 Å². The standard InChI is InChI=1S/C17H17FN2O2S/c18-13-7-5-12(6-8-13)9-19-17(23)20-10-14-11-21-15-3-1-2-4-16(15)22-14/h1-8,14H,9-11H2,(H2,19,20,23)/t14-/m0/s1. The van der Waals surface area contributed by atoms with E-state index in [1.807, 2.05) is 24.3 Å². The Balaban J connectivity index is 1.42. The van der Waals surface area contributed by atoms with E-state index in [-0.39, 0.29) is 11.9 Å². The van der Waals surface area contributed by atoms with Gasteiger partial charge in [0.2, 0.25) is 0 Å². The molecule has 0 unspecified atom stereocenters. The van der Waals surface area contributed by atoms with Crippen LogP contribution >= 0.6 is 12.2 Å². The molecule has 0 fully saturated rings. The molecule has 0 amide bonds. The van der Waals surface area contributed by atoms with Crippen LogP contribution in [0.4, 0.5) is 4.39 Å². The van der Waals surface area contributed by atoms with Gasteiger partial charge in [0.25, 0.3) is 0 Å². The van der Waals surface area contributed by atoms with Crippen LogP contribution in [0.5, 0.6) is 11.5 Å². The fourth-order valence-corrected chi connectivity index (χ4v) is 2.37. The average molecular weight is 332 g/mol. The highest BCUT2D eigenvalue weighted by atomic mass is 32.1. The van der Waals surface area contributed by atoms with Crippen LogP contribution < -0.4 is 20.1 Å². The van der Waals surface area contributed by atoms with Gasteiger partial charge in [-0.2, -0.15) is 0 Å². The molecule has 0 saturated heterocycles. The second-order valence-corrected chi connectivity index (χ2v) is 5.60. The fraction of sp³-hybridized carbons (Fsp3) is 0.235. The van der Waals surface area contributed by atoms with E-state index in [0.29, 0.717) is 24.8 Å². The minimum absolute atomic E-state index is 0.101. The van der Waals surface area contributed by atoms with Crippen LogP contribution in [0.3, 0.4) is 0 Å². The molecule has 1 aliphatic heterocycles. The Morgan fingerprint density at radius 2 is 1.83 bits per heavy atom. The maximum Gasteiger partial charge on any atom is 0.166 e. The first-order valence-electron chi connectivity index (χ1n) is 7.35. The van der Waals surface area contributed by atoms with Gasteiger partial charge >= 0.3 is 0 Å². The number of ether oxygens (including phenoxy) is 2. The van der Waals surface area contributed by atoms with Crippen molar-refractivity contribution in [2.75, 3.05) is 13.2 Å². The van der Waals surface area contributed by atoms with E-state index in [1.165, 1.54) is 12.1 Å². The minimum Gasteiger partial charge on any atom is -0.486 e. The van der Waals surface area contributed by atoms with Crippen LogP contribution in [0, 0.1) is 5.82 Å². The summed E-state index contributed by atoms with van der Waals surface area (Å²) in [6.45, 7) is 1.56. The summed E-state index contributed by atoms with van der Waals surface area (Å²) >= 11 is 5.23. The summed E-state index contributed by atoms with van der Waals surface area (Å²) < 4.78 is 24.3. The third-order valence-corrected chi connectivity index (χ3v) is 3.71. The molecule has 0 aliphatic carbocycles. The summed E-state index contributed by atoms with van der Waals surface area (Å²) in [5.41, 5.74) is 0.960. The van der Waals surface area contributed by atoms with Gasteiger partial charge in [-0.1, -0.05) is 24.3 Å². The Bertz CT molecular complexity index is 679. The van der Waals surface area contributed by atoms with Crippen molar-refractivity contribution in [3.8, 4) is 11.5 Å². The quantitative estimate of drug-likeness (QED) is 0.843. The van der Waals surface area contributed by atoms with E-state index in [9.17, 15) is 4.39 Å². The molecule has 6 heteroatoms. The van der Waals surface area contributed by atoms with E-state index in [0.717, 1.165) is 17.1 Å². The second-order valence-electron chi connectivity index (χ2n) is 5.19. The summed E-state index contributed by atoms with van der Waals surface area (Å²) in [6, 6.07) is 13.9. The molecule has 1 atom stereocenters. The number of benzene rings is 2. The first kappa shape index (κ1) is 15.6. The molecular formula is C17H17FN2O2S. The lowest BCUT2D eigenvalue weighted by atomic mass is 10.2. The second kappa shape index (κ2) is 7.28. The van der Waals surface area contributed by atoms with Gasteiger partial charge in [-0.25, -0.2) is 4.39 Å². The molecule has 0 spiro atoms. The van der Waals surface area contributed by atoms with Gasteiger partial charge < -0.3 is 20.1 Å². The van der Waals surface area contributed by atoms with E-state index in [1.54, 1.807) is 12.1 Å². The number of thiocarbonyl (C=S) groups is 1. The van der Waals surface area contributed by atoms with Gasteiger partial charge in [0.15, 0.2) is 16.6 Å². The Kier molecular flexibility index (Phi) is 4.92. The lowest BCUT2D eigenvalue weighted by molar-refractivity contribution is 0.0937. The Hall–Kier alpha value is -2.34. The van der Waals surface area contributed by atoms with Crippen molar-refractivity contribution in [1.82, 2.24) is 10.6 Å². The third-order valence-electron chi connectivity index (χ3n) is 3.42. The number of rotatable bonds is 4. The number of hydrogen-bond donors (Lipinski definition) is 2. The highest BCUT2D eigenvalue weighted by molar-refractivity contribution is 7.80. The Morgan fingerprint density at radius 1 is 1.09 bits per heavy atom. The van der Waals surface area contributed by atoms with Gasteiger partial charge in [-0.05, 0) is 42.0 Å². The maximum atomic E-state index is 12.8. The molecule has 1 aliphatic rings. The molecule has 1 heterocycles. The fourth-order valence-electron chi connectivity index (χ4n) is 2.22. The van der Waals surface area contributed by atoms with Crippen molar-refractivity contribution < 1.29 is 13.9 Å². The predicted molar refractivity (Wildman–Crippen MR) is 90.2 cm³/mol. The van der Waals surface area contributed by atoms with Crippen molar-refractivity contribution >= 4 is 17.3 Å². The minimum atomic E-state index is -0.246. The Labute approximate surface area is 139 Å². The molecule has 2 N–H and O–H groups in total. The van der Waals surface area contributed by atoms with Gasteiger partial charge in [0, 0.05) is 6.54 Å². The van der Waals surface area contributed by atoms with Crippen LogP contribution in [0.2, 0.25) is 0 Å². The Morgan fingerprint density at radius 3 is 2.61 bits per heavy atom. The lowest BCUT2D eigenvalue weighted by Crippen LogP contribution is -2.44. The monoisotopic (exact) mass is 332 g/mol. The SMILES string of the molecule is Fc1ccc(CNC(=S)NC[C@H]2COc3ccccc3O2)cc1. The topological polar surface area (TPSA) is 42.5 Å². The van der Waals surface area contributed by atoms with Crippen molar-refractivity contribution in [1.29, 1.82) is 0 Å². The van der Waals surface area contributed by atoms with Crippen LogP contribution in [0.15, 0.2) is 48.5 Å². The highest BCUT2D eigenvalue weighted by Gasteiger charge is 2.20. The molecule has 3 rings (SSSR count). The molecule has 120 valence electrons. The molecular weight excluding hydrogens is 315 g/mol. The van der Waals surface area contributed by atoms with E-state index < -0.39 is 0 Å². The van der Waals surface area contributed by atoms with Crippen molar-refractivity contribution in [2.24, 2.45) is 0 Å². The lowest BCUT2D eigenvalue weighted by Gasteiger charge is -2.27. The van der Waals surface area contributed by atoms with E-state index in [2.05, 4.69) is 10.6 Å². The zero-order valence-corrected chi connectivity index (χ0v) is 13.2. The zero-order valence-electron chi connectivity index (χ0n) is 12.4. The van der Waals surface area contributed by atoms with E-state index >= 15 is 0 Å². The summed E-state index contributed by atoms with van der Waals surface area (Å²) in [6.07, 6.45) is -0.101. The number of hydrogen-bond acceptors (Lipinski definition) is 3. The predicted octanol–water partition coefficient (Wildman–Crippen LogP) is 2.63. The first-order chi connectivity index (χ1) is 11.2. The summed E-state index contributed by atoms with van der Waals surface area (Å²) in [5, 5.41) is 6.71. The normalized spacial score (nSPS) is 15.8. The van der Waals surface area contributed by atoms with Crippen LogP contribution in [0.25, 0.3) is 0 Å². The van der Waals surface area contributed by atoms with Crippen molar-refractivity contribution in [3.05, 3.63) is 59.9 Å². The summed E-state index contributed by atoms with van der Waals surface area (Å²) in [5.74, 6) is 1.26. The molecule has 0 aromatic heterocycles. The third kappa shape index (κ3) is 4.32. The van der Waals surface area contributed by atoms with Gasteiger partial charge in [0.05, 0.1) is 6.54 Å². The number of fused-ring (bicyclic) bond motifs is 1. The number of halogens is 1. The zero-order chi connectivity index (χ0) is 16.1. The molecule has 0 saturated carbocycles. The smallest absolute Gasteiger partial charge is 0.166 e. The molecule has 4 nitrogen and oxygen atoms in total. The van der Waals surface area contributed by atoms with Gasteiger partial charge in [-0.15, -0.1) is 0 Å². The largest absolute Gasteiger partial charge is 0.486 e. The van der Waals surface area contributed by atoms with Crippen LogP contribution in [0.1, 0.15) is 5.56 Å². The van der Waals surface area contributed by atoms with Crippen LogP contribution in [-0.2, 0) is 6.54 Å². The molecule has 0 radical (unpaired) electrons. The molecule has 23 heavy (non-hydrogen) atoms. The molecule has 2 aromatic rings. The molecule has 0 bridgehead atoms. The first-order valence-corrected chi connectivity index (χ1v) is 7.76. The molecule has 2 aromatic carbocycles. The van der Waals surface area contributed by atoms with Crippen molar-refractivity contribution in [2.45, 2.75) is 12.6 Å². The maximum absolute atomic E-state index is 12.8. The summed E-state index contributed by atoms with van der Waals surface area (Å²) in [4.78, 5) is 0. The average Bonchev–Trinajstić information content (AvgIpc) is 2.59. The van der Waals surface area contributed by atoms with Crippen molar-refractivity contribution in [3.63, 3.8) is 0 Å². The number of nitrogens with one attached hydrogen (secondary N) is 2.